The Kier molecular flexibility index (Phi) is 7.74. The first-order chi connectivity index (χ1) is 28.2. The van der Waals surface area contributed by atoms with Gasteiger partial charge in [0.05, 0.1) is 5.69 Å². The van der Waals surface area contributed by atoms with Gasteiger partial charge >= 0.3 is 0 Å². The fraction of sp³-hybridized carbons (Fsp3) is 0. The smallest absolute Gasteiger partial charge is 0.164 e. The monoisotopic (exact) mass is 728 g/mol. The number of benzene rings is 8. The van der Waals surface area contributed by atoms with Gasteiger partial charge in [-0.2, -0.15) is 0 Å². The first-order valence-electron chi connectivity index (χ1n) is 19.0. The maximum Gasteiger partial charge on any atom is 0.164 e. The summed E-state index contributed by atoms with van der Waals surface area (Å²) in [7, 11) is 0. The molecule has 11 rings (SSSR count). The number of hydrogen-bond acceptors (Lipinski definition) is 5. The van der Waals surface area contributed by atoms with Gasteiger partial charge in [-0.3, -0.25) is 4.98 Å². The molecule has 0 spiro atoms. The van der Waals surface area contributed by atoms with Gasteiger partial charge in [0, 0.05) is 39.2 Å². The molecule has 0 unspecified atom stereocenters. The van der Waals surface area contributed by atoms with Crippen LogP contribution in [-0.4, -0.2) is 19.9 Å². The Bertz CT molecular complexity index is 3270. The highest BCUT2D eigenvalue weighted by Gasteiger charge is 2.19. The van der Waals surface area contributed by atoms with E-state index in [1.165, 1.54) is 5.39 Å². The van der Waals surface area contributed by atoms with Gasteiger partial charge in [0.25, 0.3) is 0 Å². The van der Waals surface area contributed by atoms with Gasteiger partial charge in [0.1, 0.15) is 11.2 Å². The molecule has 8 aromatic carbocycles. The maximum atomic E-state index is 6.58. The SMILES string of the molecule is c1ccc(-c2ccc(-c3nc(-c4ccc5c(c4)oc4cccc(-c6ccc(-c7ccccn7)cc6)c45)nc(-c4cc5ccccc5c5ccccc45)n3)cc2)cc1. The lowest BCUT2D eigenvalue weighted by atomic mass is 9.96. The molecule has 0 saturated heterocycles. The molecule has 0 aliphatic heterocycles. The maximum absolute atomic E-state index is 6.58. The Morgan fingerprint density at radius 3 is 1.77 bits per heavy atom. The van der Waals surface area contributed by atoms with Crippen molar-refractivity contribution in [2.45, 2.75) is 0 Å². The van der Waals surface area contributed by atoms with E-state index in [-0.39, 0.29) is 0 Å². The van der Waals surface area contributed by atoms with Crippen LogP contribution in [0.5, 0.6) is 0 Å². The fourth-order valence-corrected chi connectivity index (χ4v) is 8.00. The molecule has 0 radical (unpaired) electrons. The van der Waals surface area contributed by atoms with Crippen molar-refractivity contribution in [1.82, 2.24) is 19.9 Å². The van der Waals surface area contributed by atoms with E-state index in [0.717, 1.165) is 88.3 Å². The van der Waals surface area contributed by atoms with Gasteiger partial charge in [-0.15, -0.1) is 0 Å². The molecule has 3 heterocycles. The number of fused-ring (bicyclic) bond motifs is 6. The van der Waals surface area contributed by atoms with Crippen molar-refractivity contribution in [2.75, 3.05) is 0 Å². The molecule has 11 aromatic rings. The fourth-order valence-electron chi connectivity index (χ4n) is 8.00. The minimum absolute atomic E-state index is 0.576. The number of hydrogen-bond donors (Lipinski definition) is 0. The van der Waals surface area contributed by atoms with Gasteiger partial charge in [-0.25, -0.2) is 15.0 Å². The Balaban J connectivity index is 1.06. The van der Waals surface area contributed by atoms with Crippen LogP contribution in [0.15, 0.2) is 199 Å². The molecule has 0 saturated carbocycles. The minimum Gasteiger partial charge on any atom is -0.456 e. The van der Waals surface area contributed by atoms with Crippen molar-refractivity contribution in [1.29, 1.82) is 0 Å². The molecule has 0 amide bonds. The minimum atomic E-state index is 0.576. The molecule has 57 heavy (non-hydrogen) atoms. The lowest BCUT2D eigenvalue weighted by Crippen LogP contribution is -2.01. The van der Waals surface area contributed by atoms with Gasteiger partial charge in [-0.1, -0.05) is 152 Å². The standard InChI is InChI=1S/C52H32N4O/c1-2-11-33(12-3-1)34-20-26-37(27-21-34)50-54-51(56-52(55-50)45-31-38-13-4-5-14-40(38)42-15-6-7-16-43(42)45)39-28-29-44-48(32-39)57-47-19-10-17-41(49(44)47)35-22-24-36(25-23-35)46-18-8-9-30-53-46/h1-32H. The second-order valence-corrected chi connectivity index (χ2v) is 14.2. The molecule has 0 aliphatic carbocycles. The predicted octanol–water partition coefficient (Wildman–Crippen LogP) is 13.5. The number of furan rings is 1. The summed E-state index contributed by atoms with van der Waals surface area (Å²) in [6.07, 6.45) is 1.82. The van der Waals surface area contributed by atoms with Crippen LogP contribution in [0.1, 0.15) is 0 Å². The number of pyridine rings is 1. The predicted molar refractivity (Wildman–Crippen MR) is 233 cm³/mol. The normalized spacial score (nSPS) is 11.5. The quantitative estimate of drug-likeness (QED) is 0.160. The van der Waals surface area contributed by atoms with Crippen LogP contribution in [0.3, 0.4) is 0 Å². The van der Waals surface area contributed by atoms with E-state index in [9.17, 15) is 0 Å². The topological polar surface area (TPSA) is 64.7 Å². The van der Waals surface area contributed by atoms with E-state index in [4.69, 9.17) is 19.4 Å². The third-order valence-corrected chi connectivity index (χ3v) is 10.8. The van der Waals surface area contributed by atoms with E-state index in [0.29, 0.717) is 17.5 Å². The molecule has 0 atom stereocenters. The number of nitrogens with zero attached hydrogens (tertiary/aromatic N) is 4. The molecular formula is C52H32N4O. The Hall–Kier alpha value is -7.76. The Morgan fingerprint density at radius 2 is 0.965 bits per heavy atom. The van der Waals surface area contributed by atoms with Crippen LogP contribution in [-0.2, 0) is 0 Å². The van der Waals surface area contributed by atoms with Crippen LogP contribution in [0, 0.1) is 0 Å². The third-order valence-electron chi connectivity index (χ3n) is 10.8. The molecule has 3 aromatic heterocycles. The molecule has 0 fully saturated rings. The van der Waals surface area contributed by atoms with Crippen LogP contribution in [0.4, 0.5) is 0 Å². The zero-order chi connectivity index (χ0) is 37.7. The summed E-state index contributed by atoms with van der Waals surface area (Å²) in [5, 5.41) is 6.68. The summed E-state index contributed by atoms with van der Waals surface area (Å²) in [5.41, 5.74) is 10.8. The summed E-state index contributed by atoms with van der Waals surface area (Å²) < 4.78 is 6.58. The third kappa shape index (κ3) is 5.81. The summed E-state index contributed by atoms with van der Waals surface area (Å²) in [5.74, 6) is 1.80. The van der Waals surface area contributed by atoms with Crippen LogP contribution in [0.25, 0.3) is 111 Å². The molecule has 266 valence electrons. The van der Waals surface area contributed by atoms with E-state index in [2.05, 4.69) is 163 Å². The average Bonchev–Trinajstić information content (AvgIpc) is 3.68. The highest BCUT2D eigenvalue weighted by Crippen LogP contribution is 2.40. The van der Waals surface area contributed by atoms with Gasteiger partial charge in [0.15, 0.2) is 17.5 Å². The summed E-state index contributed by atoms with van der Waals surface area (Å²) >= 11 is 0. The Morgan fingerprint density at radius 1 is 0.333 bits per heavy atom. The largest absolute Gasteiger partial charge is 0.456 e. The van der Waals surface area contributed by atoms with Crippen LogP contribution < -0.4 is 0 Å². The van der Waals surface area contributed by atoms with E-state index in [1.807, 2.05) is 36.5 Å². The molecule has 0 aliphatic rings. The van der Waals surface area contributed by atoms with Crippen molar-refractivity contribution in [2.24, 2.45) is 0 Å². The molecular weight excluding hydrogens is 697 g/mol. The van der Waals surface area contributed by atoms with Gasteiger partial charge in [0.2, 0.25) is 0 Å². The highest BCUT2D eigenvalue weighted by atomic mass is 16.3. The van der Waals surface area contributed by atoms with Crippen LogP contribution in [0.2, 0.25) is 0 Å². The van der Waals surface area contributed by atoms with E-state index >= 15 is 0 Å². The van der Waals surface area contributed by atoms with Crippen molar-refractivity contribution in [3.05, 3.63) is 194 Å². The first kappa shape index (κ1) is 32.7. The van der Waals surface area contributed by atoms with Gasteiger partial charge in [-0.05, 0) is 80.2 Å². The van der Waals surface area contributed by atoms with E-state index < -0.39 is 0 Å². The molecule has 0 bridgehead atoms. The van der Waals surface area contributed by atoms with Crippen LogP contribution >= 0.6 is 0 Å². The second kappa shape index (κ2) is 13.5. The highest BCUT2D eigenvalue weighted by molar-refractivity contribution is 6.14. The molecule has 0 N–H and O–H groups in total. The summed E-state index contributed by atoms with van der Waals surface area (Å²) in [4.78, 5) is 20.0. The van der Waals surface area contributed by atoms with Crippen molar-refractivity contribution >= 4 is 43.5 Å². The van der Waals surface area contributed by atoms with E-state index in [1.54, 1.807) is 0 Å². The summed E-state index contributed by atoms with van der Waals surface area (Å²) in [6, 6.07) is 65.1. The molecule has 5 nitrogen and oxygen atoms in total. The van der Waals surface area contributed by atoms with Gasteiger partial charge < -0.3 is 4.42 Å². The molecule has 5 heteroatoms. The second-order valence-electron chi connectivity index (χ2n) is 14.2. The first-order valence-corrected chi connectivity index (χ1v) is 19.0. The average molecular weight is 729 g/mol. The number of rotatable bonds is 6. The lowest BCUT2D eigenvalue weighted by molar-refractivity contribution is 0.669. The van der Waals surface area contributed by atoms with Crippen molar-refractivity contribution in [3.8, 4) is 67.7 Å². The zero-order valence-corrected chi connectivity index (χ0v) is 30.7. The zero-order valence-electron chi connectivity index (χ0n) is 30.7. The van der Waals surface area contributed by atoms with Crippen molar-refractivity contribution in [3.63, 3.8) is 0 Å². The lowest BCUT2D eigenvalue weighted by Gasteiger charge is -2.12. The number of aromatic nitrogens is 4. The summed E-state index contributed by atoms with van der Waals surface area (Å²) in [6.45, 7) is 0. The van der Waals surface area contributed by atoms with Crippen molar-refractivity contribution < 1.29 is 4.42 Å². The Labute approximate surface area is 328 Å².